The first-order valence-electron chi connectivity index (χ1n) is 6.64. The van der Waals surface area contributed by atoms with Crippen molar-refractivity contribution in [2.75, 3.05) is 13.1 Å². The van der Waals surface area contributed by atoms with Crippen LogP contribution in [0.4, 0.5) is 0 Å². The van der Waals surface area contributed by atoms with Gasteiger partial charge in [-0.2, -0.15) is 0 Å². The van der Waals surface area contributed by atoms with E-state index in [1.165, 1.54) is 45.2 Å². The molecule has 15 heavy (non-hydrogen) atoms. The Morgan fingerprint density at radius 1 is 1.20 bits per heavy atom. The van der Waals surface area contributed by atoms with Gasteiger partial charge < -0.3 is 5.32 Å². The maximum Gasteiger partial charge on any atom is 0.0309 e. The Balaban J connectivity index is 2.03. The molecule has 2 nitrogen and oxygen atoms in total. The molecule has 1 spiro atoms. The van der Waals surface area contributed by atoms with Crippen molar-refractivity contribution < 1.29 is 0 Å². The van der Waals surface area contributed by atoms with Crippen molar-refractivity contribution in [3.8, 4) is 0 Å². The maximum absolute atomic E-state index is 3.83. The van der Waals surface area contributed by atoms with Crippen LogP contribution in [0.5, 0.6) is 0 Å². The molecule has 2 heteroatoms. The van der Waals surface area contributed by atoms with Crippen LogP contribution in [0.3, 0.4) is 0 Å². The Kier molecular flexibility index (Phi) is 3.36. The molecule has 2 fully saturated rings. The second-order valence-corrected chi connectivity index (χ2v) is 5.84. The van der Waals surface area contributed by atoms with Crippen molar-refractivity contribution in [1.29, 1.82) is 0 Å². The van der Waals surface area contributed by atoms with Gasteiger partial charge in [-0.25, -0.2) is 0 Å². The standard InChI is InChI=1S/C13H26N2/c1-11(2)15-10-13(14-9-12(15)3)7-5-4-6-8-13/h11-12,14H,4-10H2,1-3H3. The van der Waals surface area contributed by atoms with Crippen LogP contribution in [-0.2, 0) is 0 Å². The van der Waals surface area contributed by atoms with Crippen LogP contribution in [0.15, 0.2) is 0 Å². The molecule has 2 rings (SSSR count). The number of nitrogens with one attached hydrogen (secondary N) is 1. The number of piperazine rings is 1. The fourth-order valence-electron chi connectivity index (χ4n) is 3.30. The Bertz CT molecular complexity index is 207. The molecule has 1 aliphatic carbocycles. The summed E-state index contributed by atoms with van der Waals surface area (Å²) in [5.74, 6) is 0. The molecule has 0 bridgehead atoms. The van der Waals surface area contributed by atoms with Crippen molar-refractivity contribution in [2.24, 2.45) is 0 Å². The van der Waals surface area contributed by atoms with Crippen LogP contribution in [0.1, 0.15) is 52.9 Å². The van der Waals surface area contributed by atoms with E-state index in [0.717, 1.165) is 0 Å². The quantitative estimate of drug-likeness (QED) is 0.715. The first-order chi connectivity index (χ1) is 7.13. The SMILES string of the molecule is CC(C)N1CC2(CCCCC2)NCC1C. The van der Waals surface area contributed by atoms with Gasteiger partial charge in [-0.3, -0.25) is 4.90 Å². The highest BCUT2D eigenvalue weighted by molar-refractivity contribution is 4.99. The van der Waals surface area contributed by atoms with Crippen LogP contribution in [-0.4, -0.2) is 35.6 Å². The second-order valence-electron chi connectivity index (χ2n) is 5.84. The predicted molar refractivity (Wildman–Crippen MR) is 65.1 cm³/mol. The molecule has 1 saturated heterocycles. The van der Waals surface area contributed by atoms with Gasteiger partial charge in [0.1, 0.15) is 0 Å². The van der Waals surface area contributed by atoms with Gasteiger partial charge in [-0.05, 0) is 33.6 Å². The zero-order valence-corrected chi connectivity index (χ0v) is 10.6. The molecule has 1 unspecified atom stereocenters. The summed E-state index contributed by atoms with van der Waals surface area (Å²) in [4.78, 5) is 2.68. The Labute approximate surface area is 94.4 Å². The molecular formula is C13H26N2. The van der Waals surface area contributed by atoms with Crippen molar-refractivity contribution in [2.45, 2.75) is 70.5 Å². The van der Waals surface area contributed by atoms with E-state index in [9.17, 15) is 0 Å². The van der Waals surface area contributed by atoms with Gasteiger partial charge in [0.05, 0.1) is 0 Å². The van der Waals surface area contributed by atoms with E-state index >= 15 is 0 Å². The first-order valence-corrected chi connectivity index (χ1v) is 6.64. The summed E-state index contributed by atoms with van der Waals surface area (Å²) in [7, 11) is 0. The number of rotatable bonds is 1. The molecule has 1 heterocycles. The highest BCUT2D eigenvalue weighted by atomic mass is 15.3. The van der Waals surface area contributed by atoms with E-state index in [4.69, 9.17) is 0 Å². The third-order valence-electron chi connectivity index (χ3n) is 4.30. The normalized spacial score (nSPS) is 32.4. The summed E-state index contributed by atoms with van der Waals surface area (Å²) < 4.78 is 0. The number of nitrogens with zero attached hydrogens (tertiary/aromatic N) is 1. The smallest absolute Gasteiger partial charge is 0.0309 e. The van der Waals surface area contributed by atoms with E-state index in [2.05, 4.69) is 31.0 Å². The molecule has 0 aromatic carbocycles. The maximum atomic E-state index is 3.83. The summed E-state index contributed by atoms with van der Waals surface area (Å²) in [6.45, 7) is 9.46. The molecule has 0 aromatic rings. The fourth-order valence-corrected chi connectivity index (χ4v) is 3.30. The lowest BCUT2D eigenvalue weighted by Crippen LogP contribution is -2.65. The number of hydrogen-bond donors (Lipinski definition) is 1. The zero-order valence-electron chi connectivity index (χ0n) is 10.6. The highest BCUT2D eigenvalue weighted by Crippen LogP contribution is 2.32. The van der Waals surface area contributed by atoms with E-state index in [1.54, 1.807) is 0 Å². The zero-order chi connectivity index (χ0) is 10.9. The van der Waals surface area contributed by atoms with E-state index < -0.39 is 0 Å². The summed E-state index contributed by atoms with van der Waals surface area (Å²) in [5, 5.41) is 3.83. The third kappa shape index (κ3) is 2.36. The van der Waals surface area contributed by atoms with Crippen LogP contribution in [0.25, 0.3) is 0 Å². The Morgan fingerprint density at radius 3 is 2.47 bits per heavy atom. The van der Waals surface area contributed by atoms with Gasteiger partial charge in [-0.1, -0.05) is 19.3 Å². The number of hydrogen-bond acceptors (Lipinski definition) is 2. The second kappa shape index (κ2) is 4.42. The monoisotopic (exact) mass is 210 g/mol. The molecule has 0 amide bonds. The molecule has 1 aliphatic heterocycles. The lowest BCUT2D eigenvalue weighted by molar-refractivity contribution is 0.0413. The molecule has 0 aromatic heterocycles. The summed E-state index contributed by atoms with van der Waals surface area (Å²) >= 11 is 0. The van der Waals surface area contributed by atoms with Gasteiger partial charge in [0.15, 0.2) is 0 Å². The van der Waals surface area contributed by atoms with Gasteiger partial charge in [-0.15, -0.1) is 0 Å². The lowest BCUT2D eigenvalue weighted by Gasteiger charge is -2.50. The van der Waals surface area contributed by atoms with Gasteiger partial charge >= 0.3 is 0 Å². The minimum absolute atomic E-state index is 0.467. The molecule has 2 aliphatic rings. The third-order valence-corrected chi connectivity index (χ3v) is 4.30. The molecule has 1 saturated carbocycles. The topological polar surface area (TPSA) is 15.3 Å². The summed E-state index contributed by atoms with van der Waals surface area (Å²) in [5.41, 5.74) is 0.467. The van der Waals surface area contributed by atoms with Crippen LogP contribution in [0.2, 0.25) is 0 Å². The van der Waals surface area contributed by atoms with Crippen molar-refractivity contribution in [3.05, 3.63) is 0 Å². The average molecular weight is 210 g/mol. The predicted octanol–water partition coefficient (Wildman–Crippen LogP) is 2.39. The van der Waals surface area contributed by atoms with E-state index in [0.29, 0.717) is 17.6 Å². The molecule has 88 valence electrons. The van der Waals surface area contributed by atoms with E-state index in [1.807, 2.05) is 0 Å². The minimum atomic E-state index is 0.467. The summed E-state index contributed by atoms with van der Waals surface area (Å²) in [6, 6.07) is 1.40. The molecule has 1 N–H and O–H groups in total. The van der Waals surface area contributed by atoms with Gasteiger partial charge in [0, 0.05) is 30.7 Å². The Morgan fingerprint density at radius 2 is 1.87 bits per heavy atom. The molecule has 0 radical (unpaired) electrons. The van der Waals surface area contributed by atoms with Crippen LogP contribution >= 0.6 is 0 Å². The van der Waals surface area contributed by atoms with Gasteiger partial charge in [0.25, 0.3) is 0 Å². The Hall–Kier alpha value is -0.0800. The van der Waals surface area contributed by atoms with E-state index in [-0.39, 0.29) is 0 Å². The summed E-state index contributed by atoms with van der Waals surface area (Å²) in [6.07, 6.45) is 7.08. The van der Waals surface area contributed by atoms with Crippen LogP contribution in [0, 0.1) is 0 Å². The van der Waals surface area contributed by atoms with Crippen LogP contribution < -0.4 is 5.32 Å². The lowest BCUT2D eigenvalue weighted by atomic mass is 9.79. The minimum Gasteiger partial charge on any atom is -0.308 e. The average Bonchev–Trinajstić information content (AvgIpc) is 2.23. The first kappa shape index (κ1) is 11.4. The fraction of sp³-hybridized carbons (Fsp3) is 1.00. The molecular weight excluding hydrogens is 184 g/mol. The van der Waals surface area contributed by atoms with Crippen molar-refractivity contribution in [3.63, 3.8) is 0 Å². The van der Waals surface area contributed by atoms with Crippen molar-refractivity contribution in [1.82, 2.24) is 10.2 Å². The molecule has 1 atom stereocenters. The highest BCUT2D eigenvalue weighted by Gasteiger charge is 2.39. The van der Waals surface area contributed by atoms with Crippen molar-refractivity contribution >= 4 is 0 Å². The largest absolute Gasteiger partial charge is 0.308 e. The van der Waals surface area contributed by atoms with Gasteiger partial charge in [0.2, 0.25) is 0 Å².